The van der Waals surface area contributed by atoms with Gasteiger partial charge in [-0.15, -0.1) is 0 Å². The average molecular weight is 836 g/mol. The third-order valence-electron chi connectivity index (χ3n) is 15.1. The highest BCUT2D eigenvalue weighted by molar-refractivity contribution is 6.05. The van der Waals surface area contributed by atoms with Crippen LogP contribution in [0.25, 0.3) is 44.1 Å². The molecule has 0 radical (unpaired) electrons. The molecule has 7 atom stereocenters. The minimum Gasteiger partial charge on any atom is -0.458 e. The molecule has 6 aromatic carbocycles. The SMILES string of the molecule is CC1CC(C2=NC(c3ccccc3)CC(C)(c3ccccc3)N2)C(C)C=C1c1ccc(C2NC3=C(c4c2oc2ccccc42)C(C)(c2ccc4c(c2)oc2ccccc24)CC=C3)cc1. The Labute approximate surface area is 375 Å². The van der Waals surface area contributed by atoms with Crippen LogP contribution in [0.5, 0.6) is 0 Å². The Morgan fingerprint density at radius 2 is 1.34 bits per heavy atom. The molecule has 7 unspecified atom stereocenters. The molecule has 5 nitrogen and oxygen atoms in total. The molecule has 0 bridgehead atoms. The molecule has 4 aliphatic rings. The van der Waals surface area contributed by atoms with Crippen molar-refractivity contribution in [1.29, 1.82) is 0 Å². The van der Waals surface area contributed by atoms with Crippen LogP contribution >= 0.6 is 0 Å². The molecule has 4 heterocycles. The maximum absolute atomic E-state index is 6.90. The Morgan fingerprint density at radius 1 is 0.656 bits per heavy atom. The van der Waals surface area contributed by atoms with Gasteiger partial charge in [0.15, 0.2) is 0 Å². The van der Waals surface area contributed by atoms with Crippen molar-refractivity contribution in [1.82, 2.24) is 10.6 Å². The molecule has 2 aromatic heterocycles. The molecule has 316 valence electrons. The summed E-state index contributed by atoms with van der Waals surface area (Å²) in [6.07, 6.45) is 9.94. The maximum Gasteiger partial charge on any atom is 0.139 e. The normalized spacial score (nSPS) is 26.5. The molecule has 0 fully saturated rings. The lowest BCUT2D eigenvalue weighted by Crippen LogP contribution is -2.51. The zero-order valence-corrected chi connectivity index (χ0v) is 36.9. The second-order valence-corrected chi connectivity index (χ2v) is 19.3. The van der Waals surface area contributed by atoms with Crippen LogP contribution in [0.15, 0.2) is 189 Å². The zero-order valence-electron chi connectivity index (χ0n) is 36.9. The van der Waals surface area contributed by atoms with Gasteiger partial charge in [0.2, 0.25) is 0 Å². The number of furan rings is 2. The van der Waals surface area contributed by atoms with E-state index in [1.807, 2.05) is 6.07 Å². The van der Waals surface area contributed by atoms with Gasteiger partial charge in [0.05, 0.1) is 11.6 Å². The van der Waals surface area contributed by atoms with Crippen LogP contribution in [-0.2, 0) is 11.0 Å². The summed E-state index contributed by atoms with van der Waals surface area (Å²) in [5.41, 5.74) is 13.5. The van der Waals surface area contributed by atoms with Gasteiger partial charge in [0.25, 0.3) is 0 Å². The Morgan fingerprint density at radius 3 is 2.12 bits per heavy atom. The van der Waals surface area contributed by atoms with Crippen molar-refractivity contribution in [3.8, 4) is 0 Å². The van der Waals surface area contributed by atoms with E-state index in [0.29, 0.717) is 17.8 Å². The van der Waals surface area contributed by atoms with E-state index in [1.165, 1.54) is 44.5 Å². The van der Waals surface area contributed by atoms with Gasteiger partial charge in [-0.05, 0) is 94.8 Å². The lowest BCUT2D eigenvalue weighted by molar-refractivity contribution is 0.318. The minimum absolute atomic E-state index is 0.0977. The first-order valence-electron chi connectivity index (χ1n) is 23.1. The van der Waals surface area contributed by atoms with E-state index in [0.717, 1.165) is 69.5 Å². The molecule has 2 aliphatic heterocycles. The smallest absolute Gasteiger partial charge is 0.139 e. The van der Waals surface area contributed by atoms with Crippen molar-refractivity contribution in [2.75, 3.05) is 0 Å². The van der Waals surface area contributed by atoms with Crippen molar-refractivity contribution in [2.45, 2.75) is 70.0 Å². The number of aliphatic imine (C=N–C) groups is 1. The lowest BCUT2D eigenvalue weighted by atomic mass is 9.66. The highest BCUT2D eigenvalue weighted by Crippen LogP contribution is 2.54. The average Bonchev–Trinajstić information content (AvgIpc) is 3.91. The molecule has 0 saturated heterocycles. The van der Waals surface area contributed by atoms with Gasteiger partial charge in [-0.25, -0.2) is 0 Å². The third kappa shape index (κ3) is 6.23. The standard InChI is InChI=1S/C59H53N3O2/c1-36-33-47(57-61-49(39-16-7-5-8-17-39)35-59(4,62-57)41-18-9-6-10-19-41)37(2)32-46(36)38-25-27-40(28-26-38)55-56-53(45-21-12-14-24-51(45)64-56)54-48(60-55)22-15-31-58(54,3)42-29-30-44-43-20-11-13-23-50(43)63-52(44)34-42/h5-30,32,34,36-37,47,49,55,60H,31,33,35H2,1-4H3,(H,61,62). The molecule has 2 N–H and O–H groups in total. The van der Waals surface area contributed by atoms with Crippen LogP contribution < -0.4 is 10.6 Å². The molecular weight excluding hydrogens is 783 g/mol. The number of hydrogen-bond acceptors (Lipinski definition) is 5. The fourth-order valence-corrected chi connectivity index (χ4v) is 11.7. The maximum atomic E-state index is 6.90. The van der Waals surface area contributed by atoms with Crippen LogP contribution in [0.3, 0.4) is 0 Å². The molecule has 0 saturated carbocycles. The van der Waals surface area contributed by atoms with Crippen LogP contribution in [-0.4, -0.2) is 5.84 Å². The van der Waals surface area contributed by atoms with E-state index in [1.54, 1.807) is 0 Å². The Bertz CT molecular complexity index is 3220. The zero-order chi connectivity index (χ0) is 43.2. The highest BCUT2D eigenvalue weighted by atomic mass is 16.3. The van der Waals surface area contributed by atoms with Gasteiger partial charge in [-0.1, -0.05) is 166 Å². The summed E-state index contributed by atoms with van der Waals surface area (Å²) in [6.45, 7) is 9.50. The lowest BCUT2D eigenvalue weighted by Gasteiger charge is -2.44. The summed E-state index contributed by atoms with van der Waals surface area (Å²) >= 11 is 0. The topological polar surface area (TPSA) is 62.7 Å². The summed E-state index contributed by atoms with van der Waals surface area (Å²) in [5.74, 6) is 3.08. The van der Waals surface area contributed by atoms with Gasteiger partial charge in [0.1, 0.15) is 34.4 Å². The van der Waals surface area contributed by atoms with Gasteiger partial charge >= 0.3 is 0 Å². The number of allylic oxidation sites excluding steroid dienone is 5. The molecule has 0 spiro atoms. The predicted molar refractivity (Wildman–Crippen MR) is 262 cm³/mol. The molecule has 8 aromatic rings. The number of rotatable bonds is 6. The number of nitrogens with one attached hydrogen (secondary N) is 2. The second-order valence-electron chi connectivity index (χ2n) is 19.3. The van der Waals surface area contributed by atoms with E-state index >= 15 is 0 Å². The van der Waals surface area contributed by atoms with Gasteiger partial charge in [-0.3, -0.25) is 4.99 Å². The van der Waals surface area contributed by atoms with E-state index in [2.05, 4.69) is 202 Å². The van der Waals surface area contributed by atoms with Gasteiger partial charge in [-0.2, -0.15) is 0 Å². The monoisotopic (exact) mass is 835 g/mol. The van der Waals surface area contributed by atoms with E-state index < -0.39 is 0 Å². The largest absolute Gasteiger partial charge is 0.458 e. The number of benzene rings is 6. The summed E-state index contributed by atoms with van der Waals surface area (Å²) < 4.78 is 13.3. The number of amidine groups is 1. The fourth-order valence-electron chi connectivity index (χ4n) is 11.7. The molecule has 64 heavy (non-hydrogen) atoms. The van der Waals surface area contributed by atoms with Crippen molar-refractivity contribution < 1.29 is 8.83 Å². The fraction of sp³-hybridized carbons (Fsp3) is 0.237. The molecular formula is C59H53N3O2. The predicted octanol–water partition coefficient (Wildman–Crippen LogP) is 14.4. The van der Waals surface area contributed by atoms with Crippen LogP contribution in [0.2, 0.25) is 0 Å². The molecule has 12 rings (SSSR count). The van der Waals surface area contributed by atoms with E-state index in [4.69, 9.17) is 13.8 Å². The Kier molecular flexibility index (Phi) is 9.02. The van der Waals surface area contributed by atoms with Crippen molar-refractivity contribution in [2.24, 2.45) is 22.7 Å². The highest BCUT2D eigenvalue weighted by Gasteiger charge is 2.44. The number of fused-ring (bicyclic) bond motifs is 7. The first kappa shape index (κ1) is 38.8. The number of nitrogens with zero attached hydrogens (tertiary/aromatic N) is 1. The quantitative estimate of drug-likeness (QED) is 0.175. The second kappa shape index (κ2) is 14.9. The van der Waals surface area contributed by atoms with Crippen LogP contribution in [0.4, 0.5) is 0 Å². The molecule has 5 heteroatoms. The summed E-state index contributed by atoms with van der Waals surface area (Å²) in [6, 6.07) is 54.6. The van der Waals surface area contributed by atoms with Crippen molar-refractivity contribution >= 4 is 49.9 Å². The summed E-state index contributed by atoms with van der Waals surface area (Å²) in [7, 11) is 0. The van der Waals surface area contributed by atoms with E-state index in [-0.39, 0.29) is 23.0 Å². The minimum atomic E-state index is -0.319. The summed E-state index contributed by atoms with van der Waals surface area (Å²) in [4.78, 5) is 5.50. The first-order valence-corrected chi connectivity index (χ1v) is 23.1. The van der Waals surface area contributed by atoms with E-state index in [9.17, 15) is 0 Å². The van der Waals surface area contributed by atoms with Crippen LogP contribution in [0.1, 0.15) is 98.2 Å². The van der Waals surface area contributed by atoms with Crippen molar-refractivity contribution in [3.63, 3.8) is 0 Å². The number of para-hydroxylation sites is 2. The van der Waals surface area contributed by atoms with Crippen LogP contribution in [0, 0.1) is 17.8 Å². The Balaban J connectivity index is 0.867. The number of hydrogen-bond donors (Lipinski definition) is 2. The first-order chi connectivity index (χ1) is 31.2. The Hall–Kier alpha value is -6.85. The summed E-state index contributed by atoms with van der Waals surface area (Å²) in [5, 5.41) is 11.5. The van der Waals surface area contributed by atoms with Gasteiger partial charge < -0.3 is 19.5 Å². The van der Waals surface area contributed by atoms with Gasteiger partial charge in [0, 0.05) is 45.2 Å². The third-order valence-corrected chi connectivity index (χ3v) is 15.1. The molecule has 2 aliphatic carbocycles. The van der Waals surface area contributed by atoms with Crippen molar-refractivity contribution in [3.05, 3.63) is 215 Å². The molecule has 0 amide bonds.